The Hall–Kier alpha value is -3.81. The molecule has 5 rings (SSSR count). The highest BCUT2D eigenvalue weighted by molar-refractivity contribution is 5.92. The molecule has 150 valence electrons. The van der Waals surface area contributed by atoms with Crippen LogP contribution >= 0.6 is 0 Å². The van der Waals surface area contributed by atoms with Gasteiger partial charge in [0, 0.05) is 24.1 Å². The Morgan fingerprint density at radius 3 is 2.70 bits per heavy atom. The SMILES string of the molecule is O=C(Nc1nc2cccc(-c3cnn(C(=O)CCc4ccccc4)c3)n2n1)C1CC1. The van der Waals surface area contributed by atoms with Crippen LogP contribution in [0.4, 0.5) is 5.95 Å². The molecule has 3 aromatic heterocycles. The van der Waals surface area contributed by atoms with Gasteiger partial charge >= 0.3 is 0 Å². The number of pyridine rings is 1. The summed E-state index contributed by atoms with van der Waals surface area (Å²) in [7, 11) is 0. The van der Waals surface area contributed by atoms with E-state index in [9.17, 15) is 9.59 Å². The van der Waals surface area contributed by atoms with Crippen molar-refractivity contribution in [3.8, 4) is 11.3 Å². The average Bonchev–Trinajstić information content (AvgIpc) is 3.36. The van der Waals surface area contributed by atoms with Crippen LogP contribution in [-0.4, -0.2) is 36.2 Å². The van der Waals surface area contributed by atoms with Crippen LogP contribution in [-0.2, 0) is 11.2 Å². The number of carbonyl (C=O) groups is 2. The van der Waals surface area contributed by atoms with Crippen molar-refractivity contribution in [2.75, 3.05) is 5.32 Å². The zero-order valence-electron chi connectivity index (χ0n) is 16.2. The number of benzene rings is 1. The van der Waals surface area contributed by atoms with E-state index in [1.165, 1.54) is 4.68 Å². The molecule has 8 nitrogen and oxygen atoms in total. The number of hydrogen-bond acceptors (Lipinski definition) is 5. The van der Waals surface area contributed by atoms with E-state index >= 15 is 0 Å². The molecule has 0 atom stereocenters. The van der Waals surface area contributed by atoms with Gasteiger partial charge in [-0.15, -0.1) is 5.10 Å². The highest BCUT2D eigenvalue weighted by atomic mass is 16.2. The second-order valence-electron chi connectivity index (χ2n) is 7.43. The summed E-state index contributed by atoms with van der Waals surface area (Å²) in [6, 6.07) is 15.5. The third kappa shape index (κ3) is 3.71. The quantitative estimate of drug-likeness (QED) is 0.536. The lowest BCUT2D eigenvalue weighted by molar-refractivity contribution is -0.117. The number of fused-ring (bicyclic) bond motifs is 1. The zero-order chi connectivity index (χ0) is 20.5. The molecule has 1 aliphatic rings. The van der Waals surface area contributed by atoms with Crippen molar-refractivity contribution in [2.45, 2.75) is 25.7 Å². The monoisotopic (exact) mass is 400 g/mol. The molecule has 4 aromatic rings. The molecule has 0 spiro atoms. The molecule has 1 N–H and O–H groups in total. The van der Waals surface area contributed by atoms with Crippen molar-refractivity contribution in [3.05, 3.63) is 66.5 Å². The molecule has 1 aromatic carbocycles. The van der Waals surface area contributed by atoms with E-state index in [0.29, 0.717) is 18.5 Å². The molecule has 0 radical (unpaired) electrons. The highest BCUT2D eigenvalue weighted by Crippen LogP contribution is 2.30. The van der Waals surface area contributed by atoms with Crippen LogP contribution in [0.15, 0.2) is 60.9 Å². The largest absolute Gasteiger partial charge is 0.293 e. The predicted molar refractivity (Wildman–Crippen MR) is 111 cm³/mol. The van der Waals surface area contributed by atoms with Crippen molar-refractivity contribution in [1.82, 2.24) is 24.4 Å². The number of aromatic nitrogens is 5. The molecule has 8 heteroatoms. The topological polar surface area (TPSA) is 94.2 Å². The van der Waals surface area contributed by atoms with Gasteiger partial charge in [-0.1, -0.05) is 36.4 Å². The molecule has 0 bridgehead atoms. The number of anilines is 1. The lowest BCUT2D eigenvalue weighted by Crippen LogP contribution is -2.14. The van der Waals surface area contributed by atoms with E-state index in [2.05, 4.69) is 20.5 Å². The summed E-state index contributed by atoms with van der Waals surface area (Å²) in [5.41, 5.74) is 3.22. The predicted octanol–water partition coefficient (Wildman–Crippen LogP) is 3.21. The standard InChI is InChI=1S/C22H20N6O2/c29-20(12-9-15-5-2-1-3-6-15)27-14-17(13-23-27)18-7-4-8-19-24-22(26-28(18)19)25-21(30)16-10-11-16/h1-8,13-14,16H,9-12H2,(H,25,26,30). The maximum Gasteiger partial charge on any atom is 0.249 e. The minimum Gasteiger partial charge on any atom is -0.293 e. The van der Waals surface area contributed by atoms with Crippen molar-refractivity contribution >= 4 is 23.4 Å². The Kier molecular flexibility index (Phi) is 4.59. The lowest BCUT2D eigenvalue weighted by atomic mass is 10.1. The molecule has 1 aliphatic carbocycles. The molecular formula is C22H20N6O2. The Balaban J connectivity index is 1.35. The van der Waals surface area contributed by atoms with Gasteiger partial charge in [0.15, 0.2) is 5.65 Å². The van der Waals surface area contributed by atoms with Gasteiger partial charge in [0.1, 0.15) is 0 Å². The van der Waals surface area contributed by atoms with Gasteiger partial charge in [-0.25, -0.2) is 9.20 Å². The number of rotatable bonds is 6. The Bertz CT molecular complexity index is 1220. The second-order valence-corrected chi connectivity index (χ2v) is 7.43. The van der Waals surface area contributed by atoms with E-state index in [1.807, 2.05) is 48.5 Å². The van der Waals surface area contributed by atoms with Crippen LogP contribution in [0.5, 0.6) is 0 Å². The van der Waals surface area contributed by atoms with Gasteiger partial charge in [-0.3, -0.25) is 14.9 Å². The fraction of sp³-hybridized carbons (Fsp3) is 0.227. The minimum absolute atomic E-state index is 0.0377. The molecule has 1 amide bonds. The maximum absolute atomic E-state index is 12.5. The van der Waals surface area contributed by atoms with E-state index in [-0.39, 0.29) is 23.7 Å². The Morgan fingerprint density at radius 2 is 1.90 bits per heavy atom. The fourth-order valence-corrected chi connectivity index (χ4v) is 3.34. The molecule has 3 heterocycles. The fourth-order valence-electron chi connectivity index (χ4n) is 3.34. The summed E-state index contributed by atoms with van der Waals surface area (Å²) in [5, 5.41) is 11.4. The third-order valence-corrected chi connectivity index (χ3v) is 5.15. The first-order chi connectivity index (χ1) is 14.7. The summed E-state index contributed by atoms with van der Waals surface area (Å²) in [5.74, 6) is 0.249. The van der Waals surface area contributed by atoms with E-state index in [4.69, 9.17) is 0 Å². The molecule has 0 saturated heterocycles. The van der Waals surface area contributed by atoms with Gasteiger partial charge < -0.3 is 0 Å². The van der Waals surface area contributed by atoms with Crippen LogP contribution in [0.1, 0.15) is 29.6 Å². The summed E-state index contributed by atoms with van der Waals surface area (Å²) in [6.45, 7) is 0. The number of aryl methyl sites for hydroxylation is 1. The summed E-state index contributed by atoms with van der Waals surface area (Å²) < 4.78 is 3.02. The molecule has 0 unspecified atom stereocenters. The normalized spacial score (nSPS) is 13.5. The third-order valence-electron chi connectivity index (χ3n) is 5.15. The van der Waals surface area contributed by atoms with Crippen LogP contribution in [0.3, 0.4) is 0 Å². The van der Waals surface area contributed by atoms with Crippen LogP contribution in [0.2, 0.25) is 0 Å². The Labute approximate surface area is 172 Å². The minimum atomic E-state index is -0.0757. The molecular weight excluding hydrogens is 380 g/mol. The lowest BCUT2D eigenvalue weighted by Gasteiger charge is -2.02. The summed E-state index contributed by atoms with van der Waals surface area (Å²) in [4.78, 5) is 28.9. The van der Waals surface area contributed by atoms with Gasteiger partial charge in [0.2, 0.25) is 17.8 Å². The zero-order valence-corrected chi connectivity index (χ0v) is 16.2. The maximum atomic E-state index is 12.5. The van der Waals surface area contributed by atoms with Gasteiger partial charge in [-0.2, -0.15) is 10.1 Å². The second kappa shape index (κ2) is 7.55. The van der Waals surface area contributed by atoms with Crippen LogP contribution in [0.25, 0.3) is 16.9 Å². The smallest absolute Gasteiger partial charge is 0.249 e. The molecule has 30 heavy (non-hydrogen) atoms. The highest BCUT2D eigenvalue weighted by Gasteiger charge is 2.30. The molecule has 1 saturated carbocycles. The average molecular weight is 400 g/mol. The van der Waals surface area contributed by atoms with Gasteiger partial charge in [-0.05, 0) is 37.0 Å². The summed E-state index contributed by atoms with van der Waals surface area (Å²) in [6.07, 6.45) is 6.21. The van der Waals surface area contributed by atoms with E-state index in [1.54, 1.807) is 16.9 Å². The van der Waals surface area contributed by atoms with Gasteiger partial charge in [0.25, 0.3) is 0 Å². The molecule has 0 aliphatic heterocycles. The van der Waals surface area contributed by atoms with Gasteiger partial charge in [0.05, 0.1) is 11.9 Å². The van der Waals surface area contributed by atoms with Crippen molar-refractivity contribution in [1.29, 1.82) is 0 Å². The number of nitrogens with one attached hydrogen (secondary N) is 1. The number of carbonyl (C=O) groups excluding carboxylic acids is 2. The first-order valence-corrected chi connectivity index (χ1v) is 9.96. The van der Waals surface area contributed by atoms with Crippen LogP contribution in [0, 0.1) is 5.92 Å². The van der Waals surface area contributed by atoms with E-state index < -0.39 is 0 Å². The number of amides is 1. The number of nitrogens with zero attached hydrogens (tertiary/aromatic N) is 5. The summed E-state index contributed by atoms with van der Waals surface area (Å²) >= 11 is 0. The van der Waals surface area contributed by atoms with E-state index in [0.717, 1.165) is 29.7 Å². The molecule has 1 fully saturated rings. The number of hydrogen-bond donors (Lipinski definition) is 1. The first kappa shape index (κ1) is 18.2. The Morgan fingerprint density at radius 1 is 1.07 bits per heavy atom. The van der Waals surface area contributed by atoms with Crippen molar-refractivity contribution in [3.63, 3.8) is 0 Å². The van der Waals surface area contributed by atoms with Crippen molar-refractivity contribution in [2.24, 2.45) is 5.92 Å². The van der Waals surface area contributed by atoms with Crippen molar-refractivity contribution < 1.29 is 9.59 Å². The van der Waals surface area contributed by atoms with Crippen LogP contribution < -0.4 is 5.32 Å². The first-order valence-electron chi connectivity index (χ1n) is 9.96.